The van der Waals surface area contributed by atoms with E-state index in [1.807, 2.05) is 0 Å². The van der Waals surface area contributed by atoms with Gasteiger partial charge in [-0.05, 0) is 12.8 Å². The van der Waals surface area contributed by atoms with Crippen LogP contribution in [0.1, 0.15) is 38.5 Å². The molecule has 0 saturated carbocycles. The van der Waals surface area contributed by atoms with Crippen LogP contribution >= 0.6 is 0 Å². The van der Waals surface area contributed by atoms with Crippen LogP contribution in [0.25, 0.3) is 0 Å². The molecule has 0 aliphatic carbocycles. The van der Waals surface area contributed by atoms with Gasteiger partial charge in [0.25, 0.3) is 0 Å². The van der Waals surface area contributed by atoms with Crippen molar-refractivity contribution in [1.29, 1.82) is 0 Å². The highest BCUT2D eigenvalue weighted by Crippen LogP contribution is 2.05. The molecule has 0 aliphatic rings. The first-order valence-electron chi connectivity index (χ1n) is 9.94. The van der Waals surface area contributed by atoms with Crippen molar-refractivity contribution in [3.8, 4) is 0 Å². The maximum Gasteiger partial charge on any atom is 0.0913 e. The van der Waals surface area contributed by atoms with E-state index in [1.54, 1.807) is 0 Å². The highest BCUT2D eigenvalue weighted by molar-refractivity contribution is 4.45. The average Bonchev–Trinajstić information content (AvgIpc) is 2.68. The molecule has 9 nitrogen and oxygen atoms in total. The smallest absolute Gasteiger partial charge is 0.0913 e. The summed E-state index contributed by atoms with van der Waals surface area (Å²) in [6, 6.07) is 0. The standard InChI is InChI=1S/C18H40N2O7/c19-26-8-6-4-2-1-3-5-7-21-9-10-22-11-12-23-13-14-24-15-16-25-17-18-27-20/h1-20H2. The van der Waals surface area contributed by atoms with E-state index in [4.69, 9.17) is 35.5 Å². The van der Waals surface area contributed by atoms with E-state index in [1.165, 1.54) is 25.7 Å². The second-order valence-corrected chi connectivity index (χ2v) is 5.92. The summed E-state index contributed by atoms with van der Waals surface area (Å²) >= 11 is 0. The highest BCUT2D eigenvalue weighted by Gasteiger charge is 1.95. The van der Waals surface area contributed by atoms with Crippen LogP contribution in [0, 0.1) is 0 Å². The number of nitrogens with two attached hydrogens (primary N) is 2. The van der Waals surface area contributed by atoms with Gasteiger partial charge in [-0.25, -0.2) is 11.8 Å². The number of ether oxygens (including phenoxy) is 5. The molecule has 0 amide bonds. The Morgan fingerprint density at radius 3 is 1.00 bits per heavy atom. The maximum atomic E-state index is 5.54. The third-order valence-electron chi connectivity index (χ3n) is 3.63. The molecule has 0 saturated heterocycles. The zero-order chi connectivity index (χ0) is 19.7. The van der Waals surface area contributed by atoms with Crippen molar-refractivity contribution >= 4 is 0 Å². The summed E-state index contributed by atoms with van der Waals surface area (Å²) in [7, 11) is 0. The number of unbranched alkanes of at least 4 members (excludes halogenated alkanes) is 5. The van der Waals surface area contributed by atoms with Gasteiger partial charge in [0.2, 0.25) is 0 Å². The van der Waals surface area contributed by atoms with E-state index in [9.17, 15) is 0 Å². The van der Waals surface area contributed by atoms with Crippen LogP contribution in [-0.2, 0) is 33.4 Å². The zero-order valence-electron chi connectivity index (χ0n) is 16.7. The van der Waals surface area contributed by atoms with E-state index >= 15 is 0 Å². The van der Waals surface area contributed by atoms with Gasteiger partial charge in [0.1, 0.15) is 0 Å². The molecule has 0 bridgehead atoms. The summed E-state index contributed by atoms with van der Waals surface area (Å²) in [4.78, 5) is 8.91. The first-order chi connectivity index (χ1) is 13.4. The first-order valence-corrected chi connectivity index (χ1v) is 9.94. The van der Waals surface area contributed by atoms with Gasteiger partial charge in [-0.3, -0.25) is 0 Å². The monoisotopic (exact) mass is 396 g/mol. The van der Waals surface area contributed by atoms with Gasteiger partial charge in [0.05, 0.1) is 72.7 Å². The van der Waals surface area contributed by atoms with Gasteiger partial charge in [0.15, 0.2) is 0 Å². The Bertz CT molecular complexity index is 240. The lowest BCUT2D eigenvalue weighted by Crippen LogP contribution is -2.14. The van der Waals surface area contributed by atoms with Gasteiger partial charge < -0.3 is 33.4 Å². The van der Waals surface area contributed by atoms with E-state index in [-0.39, 0.29) is 0 Å². The molecule has 0 aromatic carbocycles. The van der Waals surface area contributed by atoms with Gasteiger partial charge in [-0.15, -0.1) is 0 Å². The Morgan fingerprint density at radius 1 is 0.296 bits per heavy atom. The van der Waals surface area contributed by atoms with Crippen LogP contribution in [0.2, 0.25) is 0 Å². The van der Waals surface area contributed by atoms with Gasteiger partial charge >= 0.3 is 0 Å². The third kappa shape index (κ3) is 25.6. The highest BCUT2D eigenvalue weighted by atomic mass is 16.6. The molecule has 0 fully saturated rings. The van der Waals surface area contributed by atoms with Crippen LogP contribution < -0.4 is 11.8 Å². The fourth-order valence-corrected chi connectivity index (χ4v) is 2.19. The molecule has 0 aromatic rings. The molecule has 0 unspecified atom stereocenters. The Hall–Kier alpha value is -0.360. The number of hydrogen-bond acceptors (Lipinski definition) is 9. The largest absolute Gasteiger partial charge is 0.379 e. The molecular formula is C18H40N2O7. The minimum Gasteiger partial charge on any atom is -0.379 e. The summed E-state index contributed by atoms with van der Waals surface area (Å²) in [5.74, 6) is 9.84. The molecule has 4 N–H and O–H groups in total. The van der Waals surface area contributed by atoms with Crippen LogP contribution in [0.4, 0.5) is 0 Å². The van der Waals surface area contributed by atoms with Crippen LogP contribution in [-0.4, -0.2) is 79.3 Å². The molecule has 27 heavy (non-hydrogen) atoms. The van der Waals surface area contributed by atoms with Gasteiger partial charge in [-0.1, -0.05) is 25.7 Å². The molecule has 0 heterocycles. The Balaban J connectivity index is 2.95. The summed E-state index contributed by atoms with van der Waals surface area (Å²) in [6.45, 7) is 6.82. The molecule has 0 aromatic heterocycles. The second-order valence-electron chi connectivity index (χ2n) is 5.92. The summed E-state index contributed by atoms with van der Waals surface area (Å²) in [5.41, 5.74) is 0. The summed E-state index contributed by atoms with van der Waals surface area (Å²) in [5, 5.41) is 0. The quantitative estimate of drug-likeness (QED) is 0.183. The lowest BCUT2D eigenvalue weighted by atomic mass is 10.1. The molecule has 9 heteroatoms. The predicted octanol–water partition coefficient (Wildman–Crippen LogP) is 1.19. The Labute approximate surface area is 163 Å². The predicted molar refractivity (Wildman–Crippen MR) is 102 cm³/mol. The Morgan fingerprint density at radius 2 is 0.593 bits per heavy atom. The topological polar surface area (TPSA) is 117 Å². The van der Waals surface area contributed by atoms with Crippen molar-refractivity contribution in [3.05, 3.63) is 0 Å². The summed E-state index contributed by atoms with van der Waals surface area (Å²) in [6.07, 6.45) is 7.00. The molecule has 0 spiro atoms. The molecule has 0 atom stereocenters. The van der Waals surface area contributed by atoms with Crippen LogP contribution in [0.3, 0.4) is 0 Å². The van der Waals surface area contributed by atoms with Crippen molar-refractivity contribution in [2.45, 2.75) is 38.5 Å². The van der Waals surface area contributed by atoms with E-state index in [2.05, 4.69) is 9.68 Å². The van der Waals surface area contributed by atoms with Crippen LogP contribution in [0.5, 0.6) is 0 Å². The lowest BCUT2D eigenvalue weighted by Gasteiger charge is -2.08. The molecule has 164 valence electrons. The van der Waals surface area contributed by atoms with Crippen molar-refractivity contribution in [3.63, 3.8) is 0 Å². The maximum absolute atomic E-state index is 5.54. The number of hydrogen-bond donors (Lipinski definition) is 2. The molecule has 0 aliphatic heterocycles. The van der Waals surface area contributed by atoms with E-state index < -0.39 is 0 Å². The van der Waals surface area contributed by atoms with Gasteiger partial charge in [0, 0.05) is 6.61 Å². The second kappa shape index (κ2) is 25.6. The molecule has 0 rings (SSSR count). The average molecular weight is 397 g/mol. The minimum absolute atomic E-state index is 0.390. The van der Waals surface area contributed by atoms with E-state index in [0.717, 1.165) is 19.4 Å². The van der Waals surface area contributed by atoms with E-state index in [0.29, 0.717) is 72.7 Å². The van der Waals surface area contributed by atoms with Gasteiger partial charge in [-0.2, -0.15) is 0 Å². The third-order valence-corrected chi connectivity index (χ3v) is 3.63. The normalized spacial score (nSPS) is 11.3. The van der Waals surface area contributed by atoms with Crippen molar-refractivity contribution in [1.82, 2.24) is 0 Å². The minimum atomic E-state index is 0.390. The molecule has 0 radical (unpaired) electrons. The lowest BCUT2D eigenvalue weighted by molar-refractivity contribution is -0.0169. The van der Waals surface area contributed by atoms with Crippen LogP contribution in [0.15, 0.2) is 0 Å². The summed E-state index contributed by atoms with van der Waals surface area (Å²) < 4.78 is 26.9. The first kappa shape index (κ1) is 26.6. The van der Waals surface area contributed by atoms with Crippen molar-refractivity contribution in [2.75, 3.05) is 79.3 Å². The fraction of sp³-hybridized carbons (Fsp3) is 1.00. The SMILES string of the molecule is NOCCCCCCCCOCCOCCOCCOCCOCCON. The fourth-order valence-electron chi connectivity index (χ4n) is 2.19. The Kier molecular flexibility index (Phi) is 25.3. The van der Waals surface area contributed by atoms with Crippen molar-refractivity contribution < 1.29 is 33.4 Å². The van der Waals surface area contributed by atoms with Crippen molar-refractivity contribution in [2.24, 2.45) is 11.8 Å². The molecular weight excluding hydrogens is 356 g/mol. The zero-order valence-corrected chi connectivity index (χ0v) is 16.7. The number of rotatable bonds is 24.